The average molecular weight is 317 g/mol. The van der Waals surface area contributed by atoms with E-state index < -0.39 is 0 Å². The number of halogens is 2. The van der Waals surface area contributed by atoms with Crippen LogP contribution in [0.15, 0.2) is 54.7 Å². The third-order valence-corrected chi connectivity index (χ3v) is 3.73. The number of benzene rings is 2. The van der Waals surface area contributed by atoms with Crippen LogP contribution in [-0.2, 0) is 11.3 Å². The summed E-state index contributed by atoms with van der Waals surface area (Å²) >= 11 is 5.54. The minimum atomic E-state index is -0.250. The number of alkyl halides is 1. The second-order valence-corrected chi connectivity index (χ2v) is 5.25. The van der Waals surface area contributed by atoms with Crippen molar-refractivity contribution in [3.05, 3.63) is 66.1 Å². The van der Waals surface area contributed by atoms with E-state index in [2.05, 4.69) is 5.32 Å². The van der Waals surface area contributed by atoms with E-state index in [-0.39, 0.29) is 17.6 Å². The highest BCUT2D eigenvalue weighted by atomic mass is 35.5. The molecule has 0 saturated heterocycles. The molecular formula is C17H14ClFN2O. The summed E-state index contributed by atoms with van der Waals surface area (Å²) in [6.45, 7) is 0.577. The van der Waals surface area contributed by atoms with E-state index in [4.69, 9.17) is 11.6 Å². The molecule has 1 heterocycles. The fraction of sp³-hybridized carbons (Fsp3) is 0.118. The molecule has 0 bridgehead atoms. The largest absolute Gasteiger partial charge is 0.343 e. The molecule has 0 aliphatic carbocycles. The number of para-hydroxylation sites is 1. The zero-order valence-corrected chi connectivity index (χ0v) is 12.5. The van der Waals surface area contributed by atoms with Crippen LogP contribution in [0.25, 0.3) is 10.9 Å². The van der Waals surface area contributed by atoms with Crippen molar-refractivity contribution in [2.45, 2.75) is 6.54 Å². The Kier molecular flexibility index (Phi) is 4.11. The molecule has 1 N–H and O–H groups in total. The van der Waals surface area contributed by atoms with Gasteiger partial charge in [0.2, 0.25) is 5.91 Å². The summed E-state index contributed by atoms with van der Waals surface area (Å²) in [5.41, 5.74) is 2.64. The van der Waals surface area contributed by atoms with E-state index in [1.165, 1.54) is 12.1 Å². The number of nitrogens with zero attached hydrogens (tertiary/aromatic N) is 1. The molecule has 0 aliphatic rings. The second-order valence-electron chi connectivity index (χ2n) is 4.99. The van der Waals surface area contributed by atoms with Gasteiger partial charge in [-0.3, -0.25) is 4.79 Å². The van der Waals surface area contributed by atoms with Crippen molar-refractivity contribution in [1.82, 2.24) is 4.57 Å². The number of carbonyl (C=O) groups excluding carboxylic acids is 1. The molecule has 2 aromatic carbocycles. The molecule has 5 heteroatoms. The molecule has 0 aliphatic heterocycles. The average Bonchev–Trinajstić information content (AvgIpc) is 2.91. The van der Waals surface area contributed by atoms with E-state index in [1.807, 2.05) is 41.1 Å². The summed E-state index contributed by atoms with van der Waals surface area (Å²) in [7, 11) is 0. The zero-order chi connectivity index (χ0) is 15.5. The van der Waals surface area contributed by atoms with Crippen molar-refractivity contribution in [3.63, 3.8) is 0 Å². The summed E-state index contributed by atoms with van der Waals surface area (Å²) in [5, 5.41) is 3.63. The van der Waals surface area contributed by atoms with Crippen molar-refractivity contribution in [1.29, 1.82) is 0 Å². The van der Waals surface area contributed by atoms with Crippen LogP contribution in [0, 0.1) is 5.82 Å². The van der Waals surface area contributed by atoms with Crippen LogP contribution in [0.5, 0.6) is 0 Å². The molecule has 0 spiro atoms. The number of rotatable bonds is 4. The predicted molar refractivity (Wildman–Crippen MR) is 86.8 cm³/mol. The van der Waals surface area contributed by atoms with Crippen molar-refractivity contribution >= 4 is 34.1 Å². The Balaban J connectivity index is 1.93. The van der Waals surface area contributed by atoms with Gasteiger partial charge in [-0.2, -0.15) is 0 Å². The van der Waals surface area contributed by atoms with Crippen molar-refractivity contribution < 1.29 is 9.18 Å². The minimum absolute atomic E-state index is 0.0833. The lowest BCUT2D eigenvalue weighted by Gasteiger charge is -2.12. The number of anilines is 1. The number of nitrogens with one attached hydrogen (secondary N) is 1. The number of hydrogen-bond acceptors (Lipinski definition) is 1. The Morgan fingerprint density at radius 1 is 1.18 bits per heavy atom. The minimum Gasteiger partial charge on any atom is -0.343 e. The van der Waals surface area contributed by atoms with E-state index in [1.54, 1.807) is 6.07 Å². The molecule has 0 atom stereocenters. The normalized spacial score (nSPS) is 10.8. The molecule has 22 heavy (non-hydrogen) atoms. The van der Waals surface area contributed by atoms with Gasteiger partial charge in [-0.1, -0.05) is 18.2 Å². The molecule has 3 nitrogen and oxygen atoms in total. The van der Waals surface area contributed by atoms with E-state index >= 15 is 0 Å². The molecule has 3 rings (SSSR count). The number of carbonyl (C=O) groups is 1. The van der Waals surface area contributed by atoms with Crippen molar-refractivity contribution in [2.24, 2.45) is 0 Å². The smallest absolute Gasteiger partial charge is 0.239 e. The molecule has 0 radical (unpaired) electrons. The maximum Gasteiger partial charge on any atom is 0.239 e. The van der Waals surface area contributed by atoms with Crippen LogP contribution in [0.3, 0.4) is 0 Å². The fourth-order valence-corrected chi connectivity index (χ4v) is 2.52. The van der Waals surface area contributed by atoms with Crippen LogP contribution in [0.4, 0.5) is 10.1 Å². The first-order valence-corrected chi connectivity index (χ1v) is 7.39. The molecule has 0 fully saturated rings. The van der Waals surface area contributed by atoms with E-state index in [9.17, 15) is 9.18 Å². The Morgan fingerprint density at radius 2 is 2.00 bits per heavy atom. The maximum atomic E-state index is 13.3. The first-order chi connectivity index (χ1) is 10.7. The van der Waals surface area contributed by atoms with Crippen LogP contribution < -0.4 is 5.32 Å². The van der Waals surface area contributed by atoms with Gasteiger partial charge in [0.1, 0.15) is 11.7 Å². The second kappa shape index (κ2) is 6.20. The molecule has 0 saturated carbocycles. The highest BCUT2D eigenvalue weighted by molar-refractivity contribution is 6.29. The highest BCUT2D eigenvalue weighted by Crippen LogP contribution is 2.21. The van der Waals surface area contributed by atoms with Gasteiger partial charge in [-0.15, -0.1) is 11.6 Å². The first-order valence-electron chi connectivity index (χ1n) is 6.85. The van der Waals surface area contributed by atoms with Crippen molar-refractivity contribution in [2.75, 3.05) is 11.2 Å². The van der Waals surface area contributed by atoms with Gasteiger partial charge < -0.3 is 9.88 Å². The molecular weight excluding hydrogens is 303 g/mol. The van der Waals surface area contributed by atoms with Crippen LogP contribution in [-0.4, -0.2) is 16.4 Å². The Labute approximate surface area is 132 Å². The number of fused-ring (bicyclic) bond motifs is 1. The summed E-state index contributed by atoms with van der Waals surface area (Å²) in [6, 6.07) is 14.1. The lowest BCUT2D eigenvalue weighted by molar-refractivity contribution is -0.113. The Bertz CT molecular complexity index is 828. The summed E-state index contributed by atoms with van der Waals surface area (Å²) < 4.78 is 15.3. The standard InChI is InChI=1S/C17H14ClFN2O/c18-10-17(22)20-15-4-2-1-3-13(15)11-21-8-7-12-9-14(19)5-6-16(12)21/h1-9H,10-11H2,(H,20,22). The molecule has 112 valence electrons. The summed E-state index contributed by atoms with van der Waals surface area (Å²) in [5.74, 6) is -0.575. The topological polar surface area (TPSA) is 34.0 Å². The monoisotopic (exact) mass is 316 g/mol. The van der Waals surface area contributed by atoms with E-state index in [0.29, 0.717) is 6.54 Å². The quantitative estimate of drug-likeness (QED) is 0.725. The number of amides is 1. The van der Waals surface area contributed by atoms with Gasteiger partial charge in [-0.25, -0.2) is 4.39 Å². The maximum absolute atomic E-state index is 13.3. The molecule has 3 aromatic rings. The zero-order valence-electron chi connectivity index (χ0n) is 11.7. The molecule has 0 unspecified atom stereocenters. The lowest BCUT2D eigenvalue weighted by Crippen LogP contribution is -2.14. The van der Waals surface area contributed by atoms with Crippen molar-refractivity contribution in [3.8, 4) is 0 Å². The third kappa shape index (κ3) is 2.97. The number of aromatic nitrogens is 1. The predicted octanol–water partition coefficient (Wildman–Crippen LogP) is 4.01. The third-order valence-electron chi connectivity index (χ3n) is 3.49. The van der Waals surface area contributed by atoms with Gasteiger partial charge >= 0.3 is 0 Å². The van der Waals surface area contributed by atoms with Gasteiger partial charge in [0.05, 0.1) is 0 Å². The van der Waals surface area contributed by atoms with Gasteiger partial charge in [0, 0.05) is 29.3 Å². The lowest BCUT2D eigenvalue weighted by atomic mass is 10.1. The molecule has 1 aromatic heterocycles. The Morgan fingerprint density at radius 3 is 2.82 bits per heavy atom. The first kappa shape index (κ1) is 14.6. The van der Waals surface area contributed by atoms with Crippen LogP contribution >= 0.6 is 11.6 Å². The molecule has 1 amide bonds. The summed E-state index contributed by atoms with van der Waals surface area (Å²) in [6.07, 6.45) is 1.91. The fourth-order valence-electron chi connectivity index (χ4n) is 2.46. The van der Waals surface area contributed by atoms with Crippen LogP contribution in [0.2, 0.25) is 0 Å². The SMILES string of the molecule is O=C(CCl)Nc1ccccc1Cn1ccc2cc(F)ccc21. The summed E-state index contributed by atoms with van der Waals surface area (Å²) in [4.78, 5) is 11.5. The number of hydrogen-bond donors (Lipinski definition) is 1. The highest BCUT2D eigenvalue weighted by Gasteiger charge is 2.08. The van der Waals surface area contributed by atoms with E-state index in [0.717, 1.165) is 22.2 Å². The van der Waals surface area contributed by atoms with Gasteiger partial charge in [0.25, 0.3) is 0 Å². The Hall–Kier alpha value is -2.33. The van der Waals surface area contributed by atoms with Crippen LogP contribution in [0.1, 0.15) is 5.56 Å². The van der Waals surface area contributed by atoms with Gasteiger partial charge in [-0.05, 0) is 35.9 Å². The van der Waals surface area contributed by atoms with Gasteiger partial charge in [0.15, 0.2) is 0 Å².